The number of phenolic OH excluding ortho intramolecular Hbond substituents is 7. The third-order valence-electron chi connectivity index (χ3n) is 8.60. The van der Waals surface area contributed by atoms with Crippen LogP contribution in [0.5, 0.6) is 46.0 Å². The number of carbonyl (C=O) groups excluding carboxylic acids is 2. The molecule has 0 saturated carbocycles. The predicted molar refractivity (Wildman–Crippen MR) is 161 cm³/mol. The van der Waals surface area contributed by atoms with E-state index in [2.05, 4.69) is 0 Å². The van der Waals surface area contributed by atoms with Crippen molar-refractivity contribution in [1.82, 2.24) is 0 Å². The lowest BCUT2D eigenvalue weighted by Crippen LogP contribution is -2.32. The Bertz CT molecular complexity index is 1890. The summed E-state index contributed by atoms with van der Waals surface area (Å²) < 4.78 is 6.02. The summed E-state index contributed by atoms with van der Waals surface area (Å²) >= 11 is 0. The number of aromatic hydroxyl groups is 7. The van der Waals surface area contributed by atoms with Crippen LogP contribution in [-0.2, 0) is 0 Å². The zero-order valence-corrected chi connectivity index (χ0v) is 24.0. The Kier molecular flexibility index (Phi) is 7.28. The summed E-state index contributed by atoms with van der Waals surface area (Å²) in [5.41, 5.74) is 1.41. The van der Waals surface area contributed by atoms with Gasteiger partial charge in [-0.05, 0) is 61.4 Å². The molecule has 4 atom stereocenters. The molecule has 45 heavy (non-hydrogen) atoms. The largest absolute Gasteiger partial charge is 0.508 e. The van der Waals surface area contributed by atoms with Crippen LogP contribution in [0.2, 0.25) is 0 Å². The minimum absolute atomic E-state index is 0.0239. The average Bonchev–Trinajstić information content (AvgIpc) is 2.96. The van der Waals surface area contributed by atoms with Gasteiger partial charge in [0, 0.05) is 47.1 Å². The number of phenols is 7. The van der Waals surface area contributed by atoms with Crippen molar-refractivity contribution >= 4 is 11.6 Å². The van der Waals surface area contributed by atoms with Gasteiger partial charge in [-0.3, -0.25) is 9.59 Å². The molecule has 0 radical (unpaired) electrons. The van der Waals surface area contributed by atoms with E-state index in [1.807, 2.05) is 0 Å². The van der Waals surface area contributed by atoms with E-state index in [1.54, 1.807) is 13.0 Å². The van der Waals surface area contributed by atoms with Crippen LogP contribution in [0.4, 0.5) is 0 Å². The fourth-order valence-corrected chi connectivity index (χ4v) is 6.56. The Hall–Kier alpha value is -5.64. The number of Topliss-reactive ketones (excluding diaryl/α,β-unsaturated/α-hetero) is 2. The Morgan fingerprint density at radius 3 is 2.09 bits per heavy atom. The van der Waals surface area contributed by atoms with Gasteiger partial charge in [0.1, 0.15) is 52.1 Å². The van der Waals surface area contributed by atoms with Crippen LogP contribution < -0.4 is 4.74 Å². The highest BCUT2D eigenvalue weighted by Crippen LogP contribution is 2.54. The molecule has 10 nitrogen and oxygen atoms in total. The number of carbonyl (C=O) groups is 2. The van der Waals surface area contributed by atoms with E-state index >= 15 is 0 Å². The SMILES string of the molecule is CC1=C[C@@H](c2c(O)ccc([C@H]3CC(=O)c4ccc(O)cc4O3)c2O)[C@H](C(=O)c2ccc(O)cc2O)[C@@H](c2ccc(O)cc2O)C1. The fourth-order valence-electron chi connectivity index (χ4n) is 6.56. The molecule has 0 amide bonds. The molecule has 0 spiro atoms. The molecule has 7 N–H and O–H groups in total. The van der Waals surface area contributed by atoms with Crippen LogP contribution in [-0.4, -0.2) is 47.3 Å². The van der Waals surface area contributed by atoms with Gasteiger partial charge in [0.25, 0.3) is 0 Å². The van der Waals surface area contributed by atoms with Gasteiger partial charge in [0.15, 0.2) is 11.6 Å². The Morgan fingerprint density at radius 1 is 0.733 bits per heavy atom. The number of allylic oxidation sites excluding steroid dienone is 2. The molecule has 230 valence electrons. The standard InChI is InChI=1S/C35H30O10/c1-16-10-24(20-5-2-17(36)12-27(20)40)32(34(43)22-7-4-18(37)13-28(22)41)25(11-16)33-26(39)9-8-23(35(33)44)31-15-29(42)21-6-3-19(38)14-30(21)45-31/h2-9,11-14,24-25,31-32,36-41,44H,10,15H2,1H3/t24-,25-,31-,32-/m1/s1. The molecule has 0 aromatic heterocycles. The van der Waals surface area contributed by atoms with Gasteiger partial charge in [-0.25, -0.2) is 0 Å². The zero-order chi connectivity index (χ0) is 32.2. The first kappa shape index (κ1) is 29.4. The van der Waals surface area contributed by atoms with Crippen LogP contribution >= 0.6 is 0 Å². The van der Waals surface area contributed by atoms with E-state index in [-0.39, 0.29) is 75.4 Å². The summed E-state index contributed by atoms with van der Waals surface area (Å²) in [7, 11) is 0. The molecule has 10 heteroatoms. The Balaban J connectivity index is 1.51. The lowest BCUT2D eigenvalue weighted by molar-refractivity contribution is 0.0846. The molecule has 2 aliphatic rings. The fraction of sp³-hybridized carbons (Fsp3) is 0.200. The van der Waals surface area contributed by atoms with Gasteiger partial charge < -0.3 is 40.5 Å². The minimum atomic E-state index is -1.11. The van der Waals surface area contributed by atoms with Gasteiger partial charge in [-0.1, -0.05) is 17.7 Å². The van der Waals surface area contributed by atoms with Crippen molar-refractivity contribution in [2.24, 2.45) is 5.92 Å². The third-order valence-corrected chi connectivity index (χ3v) is 8.60. The smallest absolute Gasteiger partial charge is 0.171 e. The summed E-state index contributed by atoms with van der Waals surface area (Å²) in [4.78, 5) is 27.3. The summed E-state index contributed by atoms with van der Waals surface area (Å²) in [6.45, 7) is 1.81. The molecule has 0 bridgehead atoms. The van der Waals surface area contributed by atoms with Crippen molar-refractivity contribution < 1.29 is 50.1 Å². The molecule has 4 aromatic carbocycles. The van der Waals surface area contributed by atoms with Crippen molar-refractivity contribution in [1.29, 1.82) is 0 Å². The van der Waals surface area contributed by atoms with Gasteiger partial charge in [0.2, 0.25) is 0 Å². The number of hydrogen-bond acceptors (Lipinski definition) is 10. The quantitative estimate of drug-likeness (QED) is 0.104. The Morgan fingerprint density at radius 2 is 1.38 bits per heavy atom. The molecule has 1 aliphatic heterocycles. The van der Waals surface area contributed by atoms with E-state index in [0.717, 1.165) is 17.7 Å². The molecule has 0 saturated heterocycles. The van der Waals surface area contributed by atoms with Gasteiger partial charge in [-0.2, -0.15) is 0 Å². The lowest BCUT2D eigenvalue weighted by atomic mass is 9.65. The summed E-state index contributed by atoms with van der Waals surface area (Å²) in [6, 6.07) is 14.5. The Labute approximate surface area is 257 Å². The number of hydrogen-bond donors (Lipinski definition) is 7. The summed E-state index contributed by atoms with van der Waals surface area (Å²) in [6.07, 6.45) is 0.897. The second-order valence-electron chi connectivity index (χ2n) is 11.5. The topological polar surface area (TPSA) is 185 Å². The van der Waals surface area contributed by atoms with Gasteiger partial charge >= 0.3 is 0 Å². The van der Waals surface area contributed by atoms with E-state index < -0.39 is 41.1 Å². The van der Waals surface area contributed by atoms with Crippen molar-refractivity contribution in [2.45, 2.75) is 37.7 Å². The highest BCUT2D eigenvalue weighted by Gasteiger charge is 2.44. The number of ketones is 2. The maximum absolute atomic E-state index is 14.3. The first-order valence-corrected chi connectivity index (χ1v) is 14.3. The van der Waals surface area contributed by atoms with Crippen molar-refractivity contribution in [2.75, 3.05) is 0 Å². The lowest BCUT2D eigenvalue weighted by Gasteiger charge is -2.37. The second-order valence-corrected chi connectivity index (χ2v) is 11.5. The van der Waals surface area contributed by atoms with Crippen LogP contribution in [0.1, 0.15) is 75.1 Å². The molecule has 1 heterocycles. The first-order valence-electron chi connectivity index (χ1n) is 14.3. The molecule has 0 fully saturated rings. The maximum atomic E-state index is 14.3. The van der Waals surface area contributed by atoms with E-state index in [0.29, 0.717) is 5.56 Å². The zero-order valence-electron chi connectivity index (χ0n) is 24.0. The van der Waals surface area contributed by atoms with Crippen molar-refractivity contribution in [3.63, 3.8) is 0 Å². The molecular formula is C35H30O10. The van der Waals surface area contributed by atoms with Crippen molar-refractivity contribution in [3.05, 3.63) is 106 Å². The first-order chi connectivity index (χ1) is 21.4. The third kappa shape index (κ3) is 5.24. The van der Waals surface area contributed by atoms with Crippen LogP contribution in [0.3, 0.4) is 0 Å². The van der Waals surface area contributed by atoms with Crippen LogP contribution in [0.25, 0.3) is 0 Å². The number of benzene rings is 4. The summed E-state index contributed by atoms with van der Waals surface area (Å²) in [5.74, 6) is -5.63. The number of fused-ring (bicyclic) bond motifs is 1. The normalized spacial score (nSPS) is 21.0. The van der Waals surface area contributed by atoms with Gasteiger partial charge in [0.05, 0.1) is 17.5 Å². The molecule has 0 unspecified atom stereocenters. The predicted octanol–water partition coefficient (Wildman–Crippen LogP) is 6.05. The van der Waals surface area contributed by atoms with Crippen LogP contribution in [0.15, 0.2) is 78.4 Å². The van der Waals surface area contributed by atoms with Gasteiger partial charge in [-0.15, -0.1) is 0 Å². The number of ether oxygens (including phenoxy) is 1. The minimum Gasteiger partial charge on any atom is -0.508 e. The highest BCUT2D eigenvalue weighted by atomic mass is 16.5. The van der Waals surface area contributed by atoms with Crippen LogP contribution in [0, 0.1) is 5.92 Å². The summed E-state index contributed by atoms with van der Waals surface area (Å²) in [5, 5.41) is 74.2. The number of rotatable bonds is 5. The molecule has 1 aliphatic carbocycles. The van der Waals surface area contributed by atoms with E-state index in [4.69, 9.17) is 4.74 Å². The molecule has 4 aromatic rings. The maximum Gasteiger partial charge on any atom is 0.171 e. The second kappa shape index (κ2) is 11.1. The van der Waals surface area contributed by atoms with E-state index in [9.17, 15) is 45.3 Å². The molecule has 6 rings (SSSR count). The van der Waals surface area contributed by atoms with E-state index in [1.165, 1.54) is 54.6 Å². The average molecular weight is 611 g/mol. The van der Waals surface area contributed by atoms with Crippen molar-refractivity contribution in [3.8, 4) is 46.0 Å². The molecular weight excluding hydrogens is 580 g/mol. The monoisotopic (exact) mass is 610 g/mol. The highest BCUT2D eigenvalue weighted by molar-refractivity contribution is 6.02.